The molecule has 0 saturated carbocycles. The van der Waals surface area contributed by atoms with Crippen LogP contribution >= 0.6 is 0 Å². The maximum absolute atomic E-state index is 13.0. The van der Waals surface area contributed by atoms with Crippen LogP contribution in [0.25, 0.3) is 0 Å². The molecule has 3 N–H and O–H groups in total. The number of hydrogen-bond donors (Lipinski definition) is 3. The van der Waals surface area contributed by atoms with Crippen LogP contribution in [0.3, 0.4) is 0 Å². The second kappa shape index (κ2) is 8.71. The summed E-state index contributed by atoms with van der Waals surface area (Å²) < 4.78 is 33.2. The van der Waals surface area contributed by atoms with Gasteiger partial charge in [0.1, 0.15) is 6.17 Å². The van der Waals surface area contributed by atoms with E-state index in [9.17, 15) is 18.5 Å². The molecule has 1 aromatic carbocycles. The Kier molecular flexibility index (Phi) is 6.09. The number of anilines is 1. The minimum absolute atomic E-state index is 0.0180. The molecule has 5 rings (SSSR count). The standard InChI is InChI=1S/C24H34N6O4S/c1-23(2,3)29-15-16-14-17(4-5-19(16)35(29,32)33)27-21-20-18(6-11-26-22(20)31)30(28-21)24(7-10-25)8-12-34-13-9-24/h4-5,14,18,20-21,27-28H,6-9,11-13,15H2,1-3H3,(H,26,31). The van der Waals surface area contributed by atoms with Crippen molar-refractivity contribution in [2.45, 2.75) is 81.2 Å². The number of carbonyl (C=O) groups is 1. The van der Waals surface area contributed by atoms with Crippen LogP contribution in [-0.4, -0.2) is 66.7 Å². The maximum atomic E-state index is 13.0. The number of benzene rings is 1. The smallest absolute Gasteiger partial charge is 0.244 e. The second-order valence-electron chi connectivity index (χ2n) is 11.0. The van der Waals surface area contributed by atoms with Crippen LogP contribution in [0, 0.1) is 17.2 Å². The van der Waals surface area contributed by atoms with Gasteiger partial charge in [-0.2, -0.15) is 9.57 Å². The van der Waals surface area contributed by atoms with Gasteiger partial charge in [0.25, 0.3) is 0 Å². The van der Waals surface area contributed by atoms with Gasteiger partial charge in [-0.05, 0) is 63.8 Å². The molecular weight excluding hydrogens is 468 g/mol. The van der Waals surface area contributed by atoms with Crippen molar-refractivity contribution in [3.63, 3.8) is 0 Å². The van der Waals surface area contributed by atoms with Crippen LogP contribution in [-0.2, 0) is 26.1 Å². The van der Waals surface area contributed by atoms with Crippen LogP contribution in [0.5, 0.6) is 0 Å². The predicted octanol–water partition coefficient (Wildman–Crippen LogP) is 1.52. The second-order valence-corrected chi connectivity index (χ2v) is 12.8. The predicted molar refractivity (Wildman–Crippen MR) is 129 cm³/mol. The van der Waals surface area contributed by atoms with Gasteiger partial charge in [-0.1, -0.05) is 0 Å². The molecule has 0 aliphatic carbocycles. The molecule has 4 aliphatic heterocycles. The molecule has 10 nitrogen and oxygen atoms in total. The molecule has 3 atom stereocenters. The van der Waals surface area contributed by atoms with Crippen molar-refractivity contribution in [2.24, 2.45) is 5.92 Å². The van der Waals surface area contributed by atoms with E-state index >= 15 is 0 Å². The third-order valence-corrected chi connectivity index (χ3v) is 9.99. The molecule has 11 heteroatoms. The molecule has 0 radical (unpaired) electrons. The van der Waals surface area contributed by atoms with Crippen LogP contribution < -0.4 is 16.1 Å². The number of nitrogens with zero attached hydrogens (tertiary/aromatic N) is 3. The first kappa shape index (κ1) is 24.5. The number of amides is 1. The van der Waals surface area contributed by atoms with Gasteiger partial charge in [-0.3, -0.25) is 4.79 Å². The van der Waals surface area contributed by atoms with Crippen LogP contribution in [0.15, 0.2) is 23.1 Å². The normalized spacial score (nSPS) is 30.2. The molecule has 3 fully saturated rings. The molecule has 1 amide bonds. The molecule has 4 heterocycles. The van der Waals surface area contributed by atoms with E-state index in [-0.39, 0.29) is 29.6 Å². The fourth-order valence-electron chi connectivity index (χ4n) is 6.00. The molecule has 4 aliphatic rings. The van der Waals surface area contributed by atoms with E-state index in [1.54, 1.807) is 12.1 Å². The number of nitrogens with one attached hydrogen (secondary N) is 3. The number of rotatable bonds is 4. The number of sulfonamides is 1. The summed E-state index contributed by atoms with van der Waals surface area (Å²) in [7, 11) is -3.54. The quantitative estimate of drug-likeness (QED) is 0.566. The highest BCUT2D eigenvalue weighted by atomic mass is 32.2. The Morgan fingerprint density at radius 1 is 1.29 bits per heavy atom. The zero-order valence-electron chi connectivity index (χ0n) is 20.5. The van der Waals surface area contributed by atoms with E-state index in [1.165, 1.54) is 4.31 Å². The van der Waals surface area contributed by atoms with Crippen molar-refractivity contribution in [1.82, 2.24) is 20.1 Å². The average molecular weight is 503 g/mol. The summed E-state index contributed by atoms with van der Waals surface area (Å²) in [5, 5.41) is 18.2. The Labute approximate surface area is 207 Å². The summed E-state index contributed by atoms with van der Waals surface area (Å²) in [6.07, 6.45) is 2.22. The van der Waals surface area contributed by atoms with Gasteiger partial charge in [0.2, 0.25) is 15.9 Å². The summed E-state index contributed by atoms with van der Waals surface area (Å²) in [4.78, 5) is 13.3. The van der Waals surface area contributed by atoms with Gasteiger partial charge in [0, 0.05) is 43.6 Å². The monoisotopic (exact) mass is 502 g/mol. The summed E-state index contributed by atoms with van der Waals surface area (Å²) in [6.45, 7) is 7.77. The number of nitriles is 1. The number of ether oxygens (including phenoxy) is 1. The Balaban J connectivity index is 1.43. The first-order chi connectivity index (χ1) is 16.6. The highest BCUT2D eigenvalue weighted by Crippen LogP contribution is 2.41. The fraction of sp³-hybridized carbons (Fsp3) is 0.667. The molecule has 0 bridgehead atoms. The van der Waals surface area contributed by atoms with Crippen LogP contribution in [0.1, 0.15) is 52.0 Å². The summed E-state index contributed by atoms with van der Waals surface area (Å²) >= 11 is 0. The van der Waals surface area contributed by atoms with E-state index in [1.807, 2.05) is 26.8 Å². The number of hydrazine groups is 1. The van der Waals surface area contributed by atoms with Gasteiger partial charge >= 0.3 is 0 Å². The zero-order chi connectivity index (χ0) is 25.0. The molecule has 190 valence electrons. The van der Waals surface area contributed by atoms with Crippen molar-refractivity contribution in [1.29, 1.82) is 5.26 Å². The SMILES string of the molecule is CC(C)(C)N1Cc2cc(NC3NN(C4(CC#N)CCOCC4)C4CCNC(=O)C34)ccc2S1(=O)=O. The highest BCUT2D eigenvalue weighted by molar-refractivity contribution is 7.89. The Hall–Kier alpha value is -2.23. The maximum Gasteiger partial charge on any atom is 0.244 e. The Morgan fingerprint density at radius 2 is 2.03 bits per heavy atom. The van der Waals surface area contributed by atoms with Gasteiger partial charge in [-0.15, -0.1) is 0 Å². The minimum atomic E-state index is -3.54. The van der Waals surface area contributed by atoms with E-state index < -0.39 is 15.6 Å². The van der Waals surface area contributed by atoms with E-state index in [4.69, 9.17) is 4.74 Å². The van der Waals surface area contributed by atoms with Gasteiger partial charge in [0.15, 0.2) is 0 Å². The highest BCUT2D eigenvalue weighted by Gasteiger charge is 2.54. The van der Waals surface area contributed by atoms with E-state index in [0.29, 0.717) is 37.6 Å². The number of fused-ring (bicyclic) bond motifs is 2. The van der Waals surface area contributed by atoms with E-state index in [0.717, 1.165) is 30.5 Å². The Morgan fingerprint density at radius 3 is 2.71 bits per heavy atom. The summed E-state index contributed by atoms with van der Waals surface area (Å²) in [6, 6.07) is 7.61. The fourth-order valence-corrected chi connectivity index (χ4v) is 7.96. The van der Waals surface area contributed by atoms with Crippen molar-refractivity contribution < 1.29 is 17.9 Å². The molecule has 35 heavy (non-hydrogen) atoms. The first-order valence-electron chi connectivity index (χ1n) is 12.3. The molecule has 0 spiro atoms. The first-order valence-corrected chi connectivity index (χ1v) is 13.7. The van der Waals surface area contributed by atoms with Gasteiger partial charge in [0.05, 0.1) is 28.8 Å². The molecule has 1 aromatic rings. The molecule has 3 saturated heterocycles. The third-order valence-electron chi connectivity index (χ3n) is 7.78. The lowest BCUT2D eigenvalue weighted by atomic mass is 9.82. The van der Waals surface area contributed by atoms with Crippen molar-refractivity contribution in [2.75, 3.05) is 25.1 Å². The number of carbonyl (C=O) groups excluding carboxylic acids is 1. The van der Waals surface area contributed by atoms with E-state index in [2.05, 4.69) is 27.1 Å². The van der Waals surface area contributed by atoms with Crippen molar-refractivity contribution in [3.8, 4) is 6.07 Å². The molecular formula is C24H34N6O4S. The topological polar surface area (TPSA) is 127 Å². The lowest BCUT2D eigenvalue weighted by Crippen LogP contribution is -2.60. The molecule has 0 aromatic heterocycles. The van der Waals surface area contributed by atoms with Gasteiger partial charge < -0.3 is 15.4 Å². The zero-order valence-corrected chi connectivity index (χ0v) is 21.3. The van der Waals surface area contributed by atoms with Crippen molar-refractivity contribution >= 4 is 21.6 Å². The van der Waals surface area contributed by atoms with Gasteiger partial charge in [-0.25, -0.2) is 18.9 Å². The number of hydrogen-bond acceptors (Lipinski definition) is 8. The van der Waals surface area contributed by atoms with Crippen LogP contribution in [0.4, 0.5) is 5.69 Å². The van der Waals surface area contributed by atoms with Crippen LogP contribution in [0.2, 0.25) is 0 Å². The summed E-state index contributed by atoms with van der Waals surface area (Å²) in [5.74, 6) is -0.360. The lowest BCUT2D eigenvalue weighted by Gasteiger charge is -2.46. The minimum Gasteiger partial charge on any atom is -0.381 e. The number of piperidine rings is 1. The van der Waals surface area contributed by atoms with Crippen molar-refractivity contribution in [3.05, 3.63) is 23.8 Å². The average Bonchev–Trinajstić information content (AvgIpc) is 3.30. The summed E-state index contributed by atoms with van der Waals surface area (Å²) in [5.41, 5.74) is 4.14. The lowest BCUT2D eigenvalue weighted by molar-refractivity contribution is -0.129. The molecule has 3 unspecified atom stereocenters. The Bertz CT molecular complexity index is 1150. The largest absolute Gasteiger partial charge is 0.381 e. The third kappa shape index (κ3) is 4.11.